The molecule has 0 radical (unpaired) electrons. The average molecular weight is 201 g/mol. The number of hydrogen-bond donors (Lipinski definition) is 2. The van der Waals surface area contributed by atoms with Crippen molar-refractivity contribution in [1.82, 2.24) is 14.1 Å². The van der Waals surface area contributed by atoms with Crippen LogP contribution in [0.25, 0.3) is 0 Å². The number of amides is 1. The zero-order chi connectivity index (χ0) is 9.68. The summed E-state index contributed by atoms with van der Waals surface area (Å²) in [6, 6.07) is -0.0424. The molecule has 1 heterocycles. The molecule has 0 saturated carbocycles. The second-order valence-corrected chi connectivity index (χ2v) is 3.24. The van der Waals surface area contributed by atoms with Crippen LogP contribution in [0.5, 0.6) is 0 Å². The smallest absolute Gasteiger partial charge is 0.272 e. The van der Waals surface area contributed by atoms with Crippen LogP contribution in [0.1, 0.15) is 23.8 Å². The quantitative estimate of drug-likeness (QED) is 0.721. The van der Waals surface area contributed by atoms with Crippen LogP contribution in [0.3, 0.4) is 0 Å². The number of rotatable bonds is 4. The molecule has 0 aliphatic heterocycles. The van der Waals surface area contributed by atoms with Gasteiger partial charge in [-0.15, -0.1) is 0 Å². The lowest BCUT2D eigenvalue weighted by Crippen LogP contribution is -2.33. The van der Waals surface area contributed by atoms with Gasteiger partial charge in [0.15, 0.2) is 5.69 Å². The predicted octanol–water partition coefficient (Wildman–Crippen LogP) is 0.0388. The molecular formula is C7H11N3O2S. The van der Waals surface area contributed by atoms with E-state index in [9.17, 15) is 4.79 Å². The highest BCUT2D eigenvalue weighted by molar-refractivity contribution is 6.99. The molecule has 0 saturated heterocycles. The molecule has 1 aromatic rings. The first-order valence-electron chi connectivity index (χ1n) is 3.93. The van der Waals surface area contributed by atoms with E-state index < -0.39 is 0 Å². The fourth-order valence-electron chi connectivity index (χ4n) is 0.828. The molecule has 6 heteroatoms. The molecule has 0 aliphatic carbocycles. The second-order valence-electron chi connectivity index (χ2n) is 2.68. The van der Waals surface area contributed by atoms with Crippen LogP contribution in [-0.2, 0) is 0 Å². The van der Waals surface area contributed by atoms with Gasteiger partial charge in [0, 0.05) is 12.6 Å². The standard InChI is InChI=1S/C7H11N3O2S/c1-5(2-3-11)9-7(12)6-4-8-13-10-6/h4-5,11H,2-3H2,1H3,(H,9,12). The van der Waals surface area contributed by atoms with E-state index in [0.29, 0.717) is 12.1 Å². The van der Waals surface area contributed by atoms with Crippen molar-refractivity contribution in [2.24, 2.45) is 0 Å². The van der Waals surface area contributed by atoms with E-state index >= 15 is 0 Å². The molecule has 1 amide bonds. The first-order chi connectivity index (χ1) is 6.24. The van der Waals surface area contributed by atoms with E-state index in [1.54, 1.807) is 0 Å². The monoisotopic (exact) mass is 201 g/mol. The topological polar surface area (TPSA) is 75.1 Å². The van der Waals surface area contributed by atoms with E-state index in [-0.39, 0.29) is 18.6 Å². The number of nitrogens with one attached hydrogen (secondary N) is 1. The molecule has 1 atom stereocenters. The average Bonchev–Trinajstić information content (AvgIpc) is 2.55. The maximum Gasteiger partial charge on any atom is 0.272 e. The predicted molar refractivity (Wildman–Crippen MR) is 48.5 cm³/mol. The molecule has 72 valence electrons. The number of aliphatic hydroxyl groups is 1. The van der Waals surface area contributed by atoms with Crippen molar-refractivity contribution in [3.63, 3.8) is 0 Å². The van der Waals surface area contributed by atoms with Gasteiger partial charge in [0.25, 0.3) is 5.91 Å². The molecule has 5 nitrogen and oxygen atoms in total. The fraction of sp³-hybridized carbons (Fsp3) is 0.571. The SMILES string of the molecule is CC(CCO)NC(=O)c1cnsn1. The summed E-state index contributed by atoms with van der Waals surface area (Å²) in [5, 5.41) is 11.3. The Bertz CT molecular complexity index is 263. The molecule has 1 rings (SSSR count). The minimum Gasteiger partial charge on any atom is -0.396 e. The minimum atomic E-state index is -0.241. The zero-order valence-corrected chi connectivity index (χ0v) is 8.04. The van der Waals surface area contributed by atoms with E-state index in [1.165, 1.54) is 6.20 Å². The van der Waals surface area contributed by atoms with Gasteiger partial charge in [0.1, 0.15) is 0 Å². The molecule has 1 aromatic heterocycles. The number of aromatic nitrogens is 2. The van der Waals surface area contributed by atoms with Crippen LogP contribution in [0, 0.1) is 0 Å². The van der Waals surface area contributed by atoms with Crippen molar-refractivity contribution < 1.29 is 9.90 Å². The zero-order valence-electron chi connectivity index (χ0n) is 7.23. The molecule has 1 unspecified atom stereocenters. The molecule has 2 N–H and O–H groups in total. The first kappa shape index (κ1) is 10.1. The molecule has 0 bridgehead atoms. The first-order valence-corrected chi connectivity index (χ1v) is 4.66. The normalized spacial score (nSPS) is 12.5. The number of nitrogens with zero attached hydrogens (tertiary/aromatic N) is 2. The van der Waals surface area contributed by atoms with E-state index in [2.05, 4.69) is 14.1 Å². The van der Waals surface area contributed by atoms with Crippen molar-refractivity contribution in [1.29, 1.82) is 0 Å². The van der Waals surface area contributed by atoms with Crippen LogP contribution in [0.15, 0.2) is 6.20 Å². The summed E-state index contributed by atoms with van der Waals surface area (Å²) in [5.74, 6) is -0.241. The van der Waals surface area contributed by atoms with Gasteiger partial charge in [-0.2, -0.15) is 8.75 Å². The van der Waals surface area contributed by atoms with Crippen molar-refractivity contribution in [3.8, 4) is 0 Å². The van der Waals surface area contributed by atoms with Crippen LogP contribution in [-0.4, -0.2) is 32.4 Å². The van der Waals surface area contributed by atoms with Crippen molar-refractivity contribution in [2.75, 3.05) is 6.61 Å². The Balaban J connectivity index is 2.42. The molecule has 0 fully saturated rings. The summed E-state index contributed by atoms with van der Waals surface area (Å²) in [7, 11) is 0. The van der Waals surface area contributed by atoms with E-state index in [1.807, 2.05) is 6.92 Å². The van der Waals surface area contributed by atoms with Crippen LogP contribution in [0.4, 0.5) is 0 Å². The lowest BCUT2D eigenvalue weighted by Gasteiger charge is -2.10. The highest BCUT2D eigenvalue weighted by Crippen LogP contribution is 1.97. The van der Waals surface area contributed by atoms with Gasteiger partial charge in [-0.05, 0) is 13.3 Å². The Labute approximate surface area is 80.1 Å². The summed E-state index contributed by atoms with van der Waals surface area (Å²) in [6.45, 7) is 1.89. The third-order valence-electron chi connectivity index (χ3n) is 1.53. The summed E-state index contributed by atoms with van der Waals surface area (Å²) in [5.41, 5.74) is 0.329. The molecular weight excluding hydrogens is 190 g/mol. The van der Waals surface area contributed by atoms with Gasteiger partial charge in [0.05, 0.1) is 17.9 Å². The Morgan fingerprint density at radius 2 is 2.62 bits per heavy atom. The lowest BCUT2D eigenvalue weighted by atomic mass is 10.2. The Kier molecular flexibility index (Phi) is 3.78. The molecule has 0 aromatic carbocycles. The van der Waals surface area contributed by atoms with E-state index in [0.717, 1.165) is 11.7 Å². The highest BCUT2D eigenvalue weighted by Gasteiger charge is 2.11. The lowest BCUT2D eigenvalue weighted by molar-refractivity contribution is 0.0930. The Morgan fingerprint density at radius 1 is 1.85 bits per heavy atom. The highest BCUT2D eigenvalue weighted by atomic mass is 32.1. The summed E-state index contributed by atoms with van der Waals surface area (Å²) in [4.78, 5) is 11.3. The third-order valence-corrected chi connectivity index (χ3v) is 2.01. The molecule has 0 spiro atoms. The fourth-order valence-corrected chi connectivity index (χ4v) is 1.24. The maximum atomic E-state index is 11.3. The maximum absolute atomic E-state index is 11.3. The van der Waals surface area contributed by atoms with Crippen LogP contribution < -0.4 is 5.32 Å². The van der Waals surface area contributed by atoms with Crippen molar-refractivity contribution >= 4 is 17.6 Å². The van der Waals surface area contributed by atoms with Gasteiger partial charge >= 0.3 is 0 Å². The van der Waals surface area contributed by atoms with Crippen LogP contribution in [0.2, 0.25) is 0 Å². The number of hydrogen-bond acceptors (Lipinski definition) is 5. The largest absolute Gasteiger partial charge is 0.396 e. The minimum absolute atomic E-state index is 0.0424. The summed E-state index contributed by atoms with van der Waals surface area (Å²) >= 11 is 0.998. The van der Waals surface area contributed by atoms with Gasteiger partial charge in [-0.1, -0.05) is 0 Å². The van der Waals surface area contributed by atoms with Gasteiger partial charge in [-0.3, -0.25) is 4.79 Å². The van der Waals surface area contributed by atoms with Crippen LogP contribution >= 0.6 is 11.7 Å². The molecule has 0 aliphatic rings. The second kappa shape index (κ2) is 4.88. The third kappa shape index (κ3) is 3.08. The van der Waals surface area contributed by atoms with Crippen molar-refractivity contribution in [3.05, 3.63) is 11.9 Å². The van der Waals surface area contributed by atoms with E-state index in [4.69, 9.17) is 5.11 Å². The van der Waals surface area contributed by atoms with Gasteiger partial charge in [0.2, 0.25) is 0 Å². The number of carbonyl (C=O) groups excluding carboxylic acids is 1. The van der Waals surface area contributed by atoms with Gasteiger partial charge in [-0.25, -0.2) is 0 Å². The summed E-state index contributed by atoms with van der Waals surface area (Å²) in [6.07, 6.45) is 1.97. The number of carbonyl (C=O) groups is 1. The Hall–Kier alpha value is -1.01. The Morgan fingerprint density at radius 3 is 3.15 bits per heavy atom. The number of aliphatic hydroxyl groups excluding tert-OH is 1. The summed E-state index contributed by atoms with van der Waals surface area (Å²) < 4.78 is 7.50. The molecule has 13 heavy (non-hydrogen) atoms. The van der Waals surface area contributed by atoms with Gasteiger partial charge < -0.3 is 10.4 Å². The van der Waals surface area contributed by atoms with Crippen molar-refractivity contribution in [2.45, 2.75) is 19.4 Å².